The largest absolute Gasteiger partial charge is 0.508 e. The summed E-state index contributed by atoms with van der Waals surface area (Å²) >= 11 is 0. The summed E-state index contributed by atoms with van der Waals surface area (Å²) in [6, 6.07) is 26.6. The van der Waals surface area contributed by atoms with Crippen LogP contribution in [0.25, 0.3) is 11.1 Å². The van der Waals surface area contributed by atoms with Crippen molar-refractivity contribution in [2.45, 2.75) is 33.6 Å². The normalized spacial score (nSPS) is 10.8. The third-order valence-corrected chi connectivity index (χ3v) is 5.81. The van der Waals surface area contributed by atoms with Gasteiger partial charge in [-0.15, -0.1) is 0 Å². The van der Waals surface area contributed by atoms with Crippen molar-refractivity contribution in [3.63, 3.8) is 0 Å². The first-order valence-corrected chi connectivity index (χ1v) is 11.7. The Morgan fingerprint density at radius 2 is 1.37 bits per heavy atom. The van der Waals surface area contributed by atoms with Crippen LogP contribution in [-0.2, 0) is 0 Å². The SMILES string of the molecule is Cc1cc(NC(=O)Nc2ccc(-c3ccccc3)cc2)cc(C)c1Oc1ccc(O)c(C(C)C)c1. The minimum Gasteiger partial charge on any atom is -0.508 e. The number of phenolic OH excluding ortho intramolecular Hbond substituents is 1. The first-order chi connectivity index (χ1) is 16.8. The summed E-state index contributed by atoms with van der Waals surface area (Å²) in [5, 5.41) is 15.9. The molecule has 0 radical (unpaired) electrons. The van der Waals surface area contributed by atoms with Crippen molar-refractivity contribution in [2.75, 3.05) is 10.6 Å². The Balaban J connectivity index is 1.43. The predicted octanol–water partition coefficient (Wildman–Crippen LogP) is 8.24. The molecule has 35 heavy (non-hydrogen) atoms. The number of hydrogen-bond acceptors (Lipinski definition) is 3. The molecule has 0 spiro atoms. The lowest BCUT2D eigenvalue weighted by atomic mass is 10.0. The first-order valence-electron chi connectivity index (χ1n) is 11.7. The fourth-order valence-electron chi connectivity index (χ4n) is 4.03. The second kappa shape index (κ2) is 10.3. The zero-order chi connectivity index (χ0) is 24.9. The molecule has 0 fully saturated rings. The van der Waals surface area contributed by atoms with E-state index < -0.39 is 0 Å². The molecular formula is C30H30N2O3. The molecule has 0 saturated carbocycles. The molecule has 0 aliphatic carbocycles. The van der Waals surface area contributed by atoms with Gasteiger partial charge in [0.05, 0.1) is 0 Å². The zero-order valence-electron chi connectivity index (χ0n) is 20.4. The van der Waals surface area contributed by atoms with E-state index in [0.717, 1.165) is 33.6 Å². The fraction of sp³-hybridized carbons (Fsp3) is 0.167. The molecular weight excluding hydrogens is 436 g/mol. The number of benzene rings is 4. The molecule has 4 aromatic rings. The van der Waals surface area contributed by atoms with E-state index in [1.807, 2.05) is 88.4 Å². The van der Waals surface area contributed by atoms with Crippen LogP contribution in [0.4, 0.5) is 16.2 Å². The Kier molecular flexibility index (Phi) is 7.06. The van der Waals surface area contributed by atoms with Crippen LogP contribution >= 0.6 is 0 Å². The molecule has 178 valence electrons. The Bertz CT molecular complexity index is 1310. The maximum absolute atomic E-state index is 12.6. The van der Waals surface area contributed by atoms with Gasteiger partial charge in [0, 0.05) is 16.9 Å². The second-order valence-electron chi connectivity index (χ2n) is 8.94. The number of carbonyl (C=O) groups is 1. The maximum Gasteiger partial charge on any atom is 0.323 e. The summed E-state index contributed by atoms with van der Waals surface area (Å²) in [5.74, 6) is 1.84. The molecule has 0 aliphatic heterocycles. The molecule has 4 rings (SSSR count). The quantitative estimate of drug-likeness (QED) is 0.268. The number of hydrogen-bond donors (Lipinski definition) is 3. The van der Waals surface area contributed by atoms with Crippen molar-refractivity contribution in [3.05, 3.63) is 102 Å². The molecule has 2 amide bonds. The summed E-state index contributed by atoms with van der Waals surface area (Å²) < 4.78 is 6.15. The predicted molar refractivity (Wildman–Crippen MR) is 143 cm³/mol. The van der Waals surface area contributed by atoms with Gasteiger partial charge in [-0.3, -0.25) is 0 Å². The number of ether oxygens (including phenoxy) is 1. The summed E-state index contributed by atoms with van der Waals surface area (Å²) in [6.07, 6.45) is 0. The molecule has 0 bridgehead atoms. The number of carbonyl (C=O) groups excluding carboxylic acids is 1. The minimum absolute atomic E-state index is 0.181. The third-order valence-electron chi connectivity index (χ3n) is 5.81. The monoisotopic (exact) mass is 466 g/mol. The Hall–Kier alpha value is -4.25. The van der Waals surface area contributed by atoms with Crippen molar-refractivity contribution in [1.29, 1.82) is 0 Å². The van der Waals surface area contributed by atoms with Gasteiger partial charge in [-0.05, 0) is 84.5 Å². The maximum atomic E-state index is 12.6. The Morgan fingerprint density at radius 1 is 0.771 bits per heavy atom. The standard InChI is InChI=1S/C30H30N2O3/c1-19(2)27-18-26(14-15-28(27)33)35-29-20(3)16-25(17-21(29)4)32-30(34)31-24-12-10-23(11-13-24)22-8-6-5-7-9-22/h5-19,33H,1-4H3,(H2,31,32,34). The van der Waals surface area contributed by atoms with Gasteiger partial charge in [-0.1, -0.05) is 56.3 Å². The Morgan fingerprint density at radius 3 is 2.00 bits per heavy atom. The highest BCUT2D eigenvalue weighted by molar-refractivity contribution is 6.00. The van der Waals surface area contributed by atoms with Gasteiger partial charge < -0.3 is 20.5 Å². The molecule has 0 aromatic heterocycles. The number of urea groups is 1. The van der Waals surface area contributed by atoms with E-state index in [1.165, 1.54) is 0 Å². The van der Waals surface area contributed by atoms with Crippen molar-refractivity contribution in [3.8, 4) is 28.4 Å². The highest BCUT2D eigenvalue weighted by Gasteiger charge is 2.13. The van der Waals surface area contributed by atoms with E-state index >= 15 is 0 Å². The summed E-state index contributed by atoms with van der Waals surface area (Å²) in [7, 11) is 0. The van der Waals surface area contributed by atoms with Gasteiger partial charge >= 0.3 is 6.03 Å². The van der Waals surface area contributed by atoms with E-state index in [2.05, 4.69) is 22.8 Å². The topological polar surface area (TPSA) is 70.6 Å². The number of rotatable bonds is 6. The van der Waals surface area contributed by atoms with E-state index in [0.29, 0.717) is 17.1 Å². The van der Waals surface area contributed by atoms with Crippen LogP contribution < -0.4 is 15.4 Å². The van der Waals surface area contributed by atoms with Gasteiger partial charge in [0.1, 0.15) is 17.2 Å². The smallest absolute Gasteiger partial charge is 0.323 e. The Labute approximate surface area is 206 Å². The number of aryl methyl sites for hydroxylation is 2. The summed E-state index contributed by atoms with van der Waals surface area (Å²) in [6.45, 7) is 7.94. The van der Waals surface area contributed by atoms with Gasteiger partial charge in [-0.25, -0.2) is 4.79 Å². The molecule has 0 unspecified atom stereocenters. The molecule has 0 heterocycles. The highest BCUT2D eigenvalue weighted by Crippen LogP contribution is 2.35. The average Bonchev–Trinajstić information content (AvgIpc) is 2.83. The van der Waals surface area contributed by atoms with Crippen LogP contribution in [0.2, 0.25) is 0 Å². The summed E-state index contributed by atoms with van der Waals surface area (Å²) in [5.41, 5.74) is 6.24. The van der Waals surface area contributed by atoms with E-state index in [-0.39, 0.29) is 17.7 Å². The summed E-state index contributed by atoms with van der Waals surface area (Å²) in [4.78, 5) is 12.6. The van der Waals surface area contributed by atoms with Crippen LogP contribution in [0, 0.1) is 13.8 Å². The molecule has 5 heteroatoms. The van der Waals surface area contributed by atoms with Gasteiger partial charge in [0.25, 0.3) is 0 Å². The van der Waals surface area contributed by atoms with Crippen LogP contribution in [0.5, 0.6) is 17.2 Å². The number of nitrogens with one attached hydrogen (secondary N) is 2. The molecule has 5 nitrogen and oxygen atoms in total. The number of phenols is 1. The lowest BCUT2D eigenvalue weighted by molar-refractivity contribution is 0.262. The molecule has 0 aliphatic rings. The third kappa shape index (κ3) is 5.82. The lowest BCUT2D eigenvalue weighted by Gasteiger charge is -2.16. The van der Waals surface area contributed by atoms with Crippen molar-refractivity contribution in [2.24, 2.45) is 0 Å². The lowest BCUT2D eigenvalue weighted by Crippen LogP contribution is -2.19. The zero-order valence-corrected chi connectivity index (χ0v) is 20.4. The number of aromatic hydroxyl groups is 1. The fourth-order valence-corrected chi connectivity index (χ4v) is 4.03. The van der Waals surface area contributed by atoms with Crippen molar-refractivity contribution >= 4 is 17.4 Å². The first kappa shape index (κ1) is 23.9. The minimum atomic E-state index is -0.315. The highest BCUT2D eigenvalue weighted by atomic mass is 16.5. The molecule has 3 N–H and O–H groups in total. The molecule has 0 saturated heterocycles. The van der Waals surface area contributed by atoms with E-state index in [9.17, 15) is 9.90 Å². The van der Waals surface area contributed by atoms with Gasteiger partial charge in [0.2, 0.25) is 0 Å². The van der Waals surface area contributed by atoms with Crippen molar-refractivity contribution < 1.29 is 14.6 Å². The number of anilines is 2. The van der Waals surface area contributed by atoms with Crippen LogP contribution in [-0.4, -0.2) is 11.1 Å². The molecule has 0 atom stereocenters. The van der Waals surface area contributed by atoms with E-state index in [1.54, 1.807) is 12.1 Å². The number of amides is 2. The van der Waals surface area contributed by atoms with Crippen LogP contribution in [0.15, 0.2) is 84.9 Å². The molecule has 4 aromatic carbocycles. The van der Waals surface area contributed by atoms with Crippen LogP contribution in [0.3, 0.4) is 0 Å². The van der Waals surface area contributed by atoms with Crippen molar-refractivity contribution in [1.82, 2.24) is 0 Å². The second-order valence-corrected chi connectivity index (χ2v) is 8.94. The van der Waals surface area contributed by atoms with Crippen LogP contribution in [0.1, 0.15) is 36.5 Å². The van der Waals surface area contributed by atoms with E-state index in [4.69, 9.17) is 4.74 Å². The van der Waals surface area contributed by atoms with Gasteiger partial charge in [0.15, 0.2) is 0 Å². The average molecular weight is 467 g/mol. The van der Waals surface area contributed by atoms with Gasteiger partial charge in [-0.2, -0.15) is 0 Å².